The molecule has 0 aromatic carbocycles. The van der Waals surface area contributed by atoms with Crippen LogP contribution in [0.25, 0.3) is 0 Å². The molecule has 0 saturated carbocycles. The van der Waals surface area contributed by atoms with Crippen molar-refractivity contribution in [1.82, 2.24) is 0 Å². The van der Waals surface area contributed by atoms with E-state index in [0.717, 1.165) is 0 Å². The van der Waals surface area contributed by atoms with Gasteiger partial charge in [0.1, 0.15) is 0 Å². The van der Waals surface area contributed by atoms with E-state index in [-0.39, 0.29) is 204 Å². The molecule has 0 spiro atoms. The van der Waals surface area contributed by atoms with Crippen molar-refractivity contribution in [3.8, 4) is 0 Å². The summed E-state index contributed by atoms with van der Waals surface area (Å²) in [5.74, 6) is 0. The smallest absolute Gasteiger partial charge is 2.00 e. The second-order valence-corrected chi connectivity index (χ2v) is 5.20. The Morgan fingerprint density at radius 2 is 0.131 bits per heavy atom. The van der Waals surface area contributed by atoms with Crippen LogP contribution < -0.4 is 74.8 Å². The summed E-state index contributed by atoms with van der Waals surface area (Å²) in [5.41, 5.74) is 0. The predicted octanol–water partition coefficient (Wildman–Crippen LogP) is -30.4. The Hall–Kier alpha value is 9.15. The van der Waals surface area contributed by atoms with Crippen LogP contribution in [0.2, 0.25) is 0 Å². The van der Waals surface area contributed by atoms with Crippen LogP contribution in [0.5, 0.6) is 0 Å². The minimum atomic E-state index is -1.75. The van der Waals surface area contributed by atoms with E-state index < -0.39 is 279 Å². The van der Waals surface area contributed by atoms with Gasteiger partial charge in [0.05, 0.1) is 0 Å². The minimum absolute atomic E-state index is 0. The molecule has 0 saturated heterocycles. The Bertz CT molecular complexity index is 448. The minimum Gasteiger partial charge on any atom is 2.00 e. The maximum atomic E-state index is 8.46. The van der Waals surface area contributed by atoms with Crippen LogP contribution in [0.4, 0.5) is 0 Å². The molecule has 0 unspecified atom stereocenters. The molecule has 0 rings (SSSR count). The number of hydrogen-bond acceptors (Lipinski definition) is 36. The van der Waals surface area contributed by atoms with E-state index in [9.17, 15) is 0 Å². The van der Waals surface area contributed by atoms with Crippen molar-refractivity contribution in [3.63, 3.8) is 0 Å². The number of rotatable bonds is 0. The maximum Gasteiger partial charge on any atom is 2.00 e. The van der Waals surface area contributed by atoms with Crippen LogP contribution in [-0.2, 0) is 130 Å². The van der Waals surface area contributed by atoms with Crippen LogP contribution >= 0.6 is 0 Å². The molecule has 0 fully saturated rings. The first-order valence-corrected chi connectivity index (χ1v) is 25.5. The molecule has 0 amide bonds. The molecule has 0 aromatic heterocycles. The predicted molar refractivity (Wildman–Crippen MR) is 116 cm³/mol. The molecule has 0 N–H and O–H groups in total. The van der Waals surface area contributed by atoms with Gasteiger partial charge in [-0.25, -0.2) is 0 Å². The second-order valence-electron chi connectivity index (χ2n) is 1.73. The molecule has 312 valence electrons. The largest absolute Gasteiger partial charge is 2.00 e. The van der Waals surface area contributed by atoms with Gasteiger partial charge in [-0.15, -0.1) is 0 Å². The number of hydrogen-bond donors (Lipinski definition) is 0. The van der Waals surface area contributed by atoms with E-state index in [1.54, 1.807) is 0 Å². The van der Waals surface area contributed by atoms with Crippen molar-refractivity contribution in [2.24, 2.45) is 0 Å². The fraction of sp³-hybridized carbons (Fsp3) is 0. The molecule has 0 atom stereocenters. The molecular weight excluding hydrogens is 1940 g/mol. The summed E-state index contributed by atoms with van der Waals surface area (Å²) in [5, 5.41) is 0. The third kappa shape index (κ3) is 3720. The van der Waals surface area contributed by atoms with Crippen LogP contribution in [0.3, 0.4) is 0 Å². The molecule has 61 heteroatoms. The molecule has 36 nitrogen and oxygen atoms in total. The molecule has 0 radical (unpaired) electrons. The van der Waals surface area contributed by atoms with Gasteiger partial charge in [0.2, 0.25) is 0 Å². The van der Waals surface area contributed by atoms with Gasteiger partial charge in [-0.2, -0.15) is 0 Å². The zero-order valence-corrected chi connectivity index (χ0v) is 68.3. The molecule has 0 aliphatic heterocycles. The van der Waals surface area contributed by atoms with Gasteiger partial charge in [-0.05, 0) is 0 Å². The zero-order chi connectivity index (χ0) is 48.7. The van der Waals surface area contributed by atoms with Gasteiger partial charge >= 0.3 is 626 Å². The summed E-state index contributed by atoms with van der Waals surface area (Å²) in [7, 11) is 0. The third-order valence-electron chi connectivity index (χ3n) is 0. The fourth-order valence-corrected chi connectivity index (χ4v) is 0. The zero-order valence-electron chi connectivity index (χ0n) is 28.3. The standard InChI is InChI=1S/18Al.4La.36O.3Pd/q;;;;;;;;;;;;;;;;;;4*+3;;;;;;;;;;;;;;;;;;;18*-1;3*+2. The molecule has 0 heterocycles. The molecule has 0 aromatic rings. The van der Waals surface area contributed by atoms with Crippen LogP contribution in [0.15, 0.2) is 0 Å². The van der Waals surface area contributed by atoms with Gasteiger partial charge in [-0.1, -0.05) is 0 Å². The van der Waals surface area contributed by atoms with Crippen molar-refractivity contribution >= 4 is 279 Å². The summed E-state index contributed by atoms with van der Waals surface area (Å²) in [6.45, 7) is 0. The van der Waals surface area contributed by atoms with E-state index in [2.05, 4.69) is 0 Å². The Morgan fingerprint density at radius 1 is 0.131 bits per heavy atom. The Kier molecular flexibility index (Phi) is 1180. The first-order valence-electron chi connectivity index (χ1n) is 8.49. The summed E-state index contributed by atoms with van der Waals surface area (Å²) in [4.78, 5) is 0. The van der Waals surface area contributed by atoms with Crippen LogP contribution in [0.1, 0.15) is 0 Å². The average Bonchev–Trinajstić information content (AvgIpc) is 3.04. The monoisotopic (exact) mass is 1930 g/mol. The first kappa shape index (κ1) is 165. The van der Waals surface area contributed by atoms with E-state index in [1.165, 1.54) is 0 Å². The van der Waals surface area contributed by atoms with Crippen LogP contribution in [0, 0.1) is 142 Å². The van der Waals surface area contributed by atoms with Gasteiger partial charge in [0.15, 0.2) is 0 Å². The SMILES string of the molecule is [La+3].[La+3].[La+3].[La+3].[O]=[Al][O-].[O]=[Al][O-].[O]=[Al][O-].[O]=[Al][O-].[O]=[Al][O-].[O]=[Al][O-].[O]=[Al][O-].[O]=[Al][O-].[O]=[Al][O-].[O]=[Al][O-].[O]=[Al][O-].[O]=[Al][O-].[O]=[Al][O-].[O]=[Al][O-].[O]=[Al][O-].[O]=[Al][O-].[O]=[Al][O-].[O]=[Al][O-].[Pd+2].[Pd+2].[Pd+2]. The van der Waals surface area contributed by atoms with Gasteiger partial charge < -0.3 is 0 Å². The summed E-state index contributed by atoms with van der Waals surface area (Å²) < 4.78 is 304. The Balaban J connectivity index is -0.00000000972. The fourth-order valence-electron chi connectivity index (χ4n) is 0. The van der Waals surface area contributed by atoms with Gasteiger partial charge in [-0.3, -0.25) is 0 Å². The van der Waals surface area contributed by atoms with Gasteiger partial charge in [0, 0.05) is 0 Å². The molecule has 0 bridgehead atoms. The van der Waals surface area contributed by atoms with Crippen molar-refractivity contribution < 1.29 is 347 Å². The van der Waals surface area contributed by atoms with E-state index in [4.69, 9.17) is 143 Å². The summed E-state index contributed by atoms with van der Waals surface area (Å²) in [6, 6.07) is 0. The Labute approximate surface area is 611 Å². The van der Waals surface area contributed by atoms with Crippen molar-refractivity contribution in [1.29, 1.82) is 0 Å². The molecule has 0 aliphatic rings. The average molecular weight is 1940 g/mol. The first-order chi connectivity index (χ1) is 25.5. The van der Waals surface area contributed by atoms with E-state index in [0.29, 0.717) is 0 Å². The van der Waals surface area contributed by atoms with Crippen molar-refractivity contribution in [2.75, 3.05) is 0 Å². The molecule has 0 aliphatic carbocycles. The van der Waals surface area contributed by atoms with E-state index in [1.807, 2.05) is 0 Å². The molecule has 61 heavy (non-hydrogen) atoms. The quantitative estimate of drug-likeness (QED) is 0.203. The second kappa shape index (κ2) is 436. The Morgan fingerprint density at radius 3 is 0.131 bits per heavy atom. The summed E-state index contributed by atoms with van der Waals surface area (Å²) >= 11 is -31.5. The van der Waals surface area contributed by atoms with Crippen molar-refractivity contribution in [3.05, 3.63) is 0 Å². The topological polar surface area (TPSA) is 722 Å². The molecular formula is Al18La4O36Pd3. The third-order valence-corrected chi connectivity index (χ3v) is 0. The summed E-state index contributed by atoms with van der Waals surface area (Å²) in [6.07, 6.45) is 0. The van der Waals surface area contributed by atoms with Gasteiger partial charge in [0.25, 0.3) is 0 Å². The normalized spacial score (nSPS) is 2.36. The van der Waals surface area contributed by atoms with Crippen LogP contribution in [-0.4, -0.2) is 279 Å². The maximum absolute atomic E-state index is 8.46. The van der Waals surface area contributed by atoms with Crippen molar-refractivity contribution in [2.45, 2.75) is 0 Å². The van der Waals surface area contributed by atoms with E-state index >= 15 is 0 Å².